The number of carbonyl (C=O) groups is 1. The van der Waals surface area contributed by atoms with Crippen molar-refractivity contribution in [1.29, 1.82) is 0 Å². The number of rotatable bonds is 7. The van der Waals surface area contributed by atoms with Gasteiger partial charge >= 0.3 is 0 Å². The fraction of sp³-hybridized carbons (Fsp3) is 0.211. The fourth-order valence-corrected chi connectivity index (χ4v) is 2.65. The Balaban J connectivity index is 1.69. The summed E-state index contributed by atoms with van der Waals surface area (Å²) < 4.78 is 13.0. The monoisotopic (exact) mass is 309 g/mol. The lowest BCUT2D eigenvalue weighted by Gasteiger charge is -2.08. The lowest BCUT2D eigenvalue weighted by atomic mass is 10.2. The number of para-hydroxylation sites is 1. The number of ether oxygens (including phenoxy) is 2. The highest BCUT2D eigenvalue weighted by atomic mass is 16.5. The number of aromatic nitrogens is 1. The Hall–Kier alpha value is -2.75. The zero-order valence-corrected chi connectivity index (χ0v) is 13.1. The van der Waals surface area contributed by atoms with Crippen molar-refractivity contribution in [1.82, 2.24) is 4.57 Å². The van der Waals surface area contributed by atoms with Crippen LogP contribution in [-0.2, 0) is 6.54 Å². The van der Waals surface area contributed by atoms with Gasteiger partial charge in [0.25, 0.3) is 0 Å². The predicted octanol–water partition coefficient (Wildman–Crippen LogP) is 3.93. The number of hydrogen-bond acceptors (Lipinski definition) is 3. The molecule has 3 rings (SSSR count). The zero-order valence-electron chi connectivity index (χ0n) is 13.1. The molecule has 0 aliphatic carbocycles. The van der Waals surface area contributed by atoms with Crippen LogP contribution < -0.4 is 9.47 Å². The third kappa shape index (κ3) is 3.37. The number of aldehydes is 1. The van der Waals surface area contributed by atoms with Crippen LogP contribution in [0.4, 0.5) is 0 Å². The van der Waals surface area contributed by atoms with Gasteiger partial charge in [-0.1, -0.05) is 18.2 Å². The molecule has 0 saturated heterocycles. The quantitative estimate of drug-likeness (QED) is 0.490. The molecule has 0 saturated carbocycles. The summed E-state index contributed by atoms with van der Waals surface area (Å²) in [6.07, 6.45) is 3.64. The maximum absolute atomic E-state index is 11.3. The molecule has 0 radical (unpaired) electrons. The first-order valence-electron chi connectivity index (χ1n) is 7.61. The number of methoxy groups -OCH3 is 1. The normalized spacial score (nSPS) is 10.7. The number of benzene rings is 2. The van der Waals surface area contributed by atoms with Crippen LogP contribution in [-0.4, -0.2) is 24.6 Å². The minimum Gasteiger partial charge on any atom is -0.497 e. The summed E-state index contributed by atoms with van der Waals surface area (Å²) in [5.41, 5.74) is 1.72. The van der Waals surface area contributed by atoms with Crippen LogP contribution in [0.25, 0.3) is 10.9 Å². The van der Waals surface area contributed by atoms with E-state index in [1.165, 1.54) is 0 Å². The molecule has 0 N–H and O–H groups in total. The van der Waals surface area contributed by atoms with Crippen molar-refractivity contribution < 1.29 is 14.3 Å². The predicted molar refractivity (Wildman–Crippen MR) is 90.4 cm³/mol. The third-order valence-electron chi connectivity index (χ3n) is 3.80. The van der Waals surface area contributed by atoms with E-state index in [0.29, 0.717) is 12.2 Å². The molecule has 1 aromatic heterocycles. The van der Waals surface area contributed by atoms with Crippen molar-refractivity contribution in [3.63, 3.8) is 0 Å². The molecule has 0 unspecified atom stereocenters. The second-order valence-electron chi connectivity index (χ2n) is 5.29. The Morgan fingerprint density at radius 3 is 2.65 bits per heavy atom. The van der Waals surface area contributed by atoms with E-state index in [1.807, 2.05) is 54.7 Å². The van der Waals surface area contributed by atoms with E-state index in [0.717, 1.165) is 41.7 Å². The molecule has 118 valence electrons. The minimum atomic E-state index is 0.635. The SMILES string of the molecule is COc1ccc2c(c1)c(C=O)cn2CCCOc1ccccc1. The van der Waals surface area contributed by atoms with Crippen molar-refractivity contribution in [2.75, 3.05) is 13.7 Å². The van der Waals surface area contributed by atoms with Gasteiger partial charge in [-0.15, -0.1) is 0 Å². The molecule has 0 bridgehead atoms. The topological polar surface area (TPSA) is 40.5 Å². The smallest absolute Gasteiger partial charge is 0.152 e. The Labute approximate surface area is 135 Å². The molecule has 3 aromatic rings. The molecule has 4 nitrogen and oxygen atoms in total. The lowest BCUT2D eigenvalue weighted by molar-refractivity contribution is 0.112. The van der Waals surface area contributed by atoms with Gasteiger partial charge in [0, 0.05) is 29.2 Å². The Morgan fingerprint density at radius 1 is 1.09 bits per heavy atom. The van der Waals surface area contributed by atoms with Crippen LogP contribution in [0, 0.1) is 0 Å². The van der Waals surface area contributed by atoms with E-state index in [1.54, 1.807) is 7.11 Å². The van der Waals surface area contributed by atoms with E-state index in [9.17, 15) is 4.79 Å². The highest BCUT2D eigenvalue weighted by Gasteiger charge is 2.09. The van der Waals surface area contributed by atoms with Crippen LogP contribution in [0.15, 0.2) is 54.7 Å². The van der Waals surface area contributed by atoms with Gasteiger partial charge in [-0.3, -0.25) is 4.79 Å². The zero-order chi connectivity index (χ0) is 16.1. The van der Waals surface area contributed by atoms with Crippen LogP contribution >= 0.6 is 0 Å². The largest absolute Gasteiger partial charge is 0.497 e. The van der Waals surface area contributed by atoms with E-state index in [2.05, 4.69) is 4.57 Å². The Morgan fingerprint density at radius 2 is 1.91 bits per heavy atom. The van der Waals surface area contributed by atoms with E-state index < -0.39 is 0 Å². The molecule has 0 aliphatic heterocycles. The van der Waals surface area contributed by atoms with E-state index >= 15 is 0 Å². The maximum atomic E-state index is 11.3. The molecule has 0 atom stereocenters. The van der Waals surface area contributed by atoms with E-state index in [4.69, 9.17) is 9.47 Å². The van der Waals surface area contributed by atoms with Crippen molar-refractivity contribution in [2.45, 2.75) is 13.0 Å². The van der Waals surface area contributed by atoms with Crippen LogP contribution in [0.1, 0.15) is 16.8 Å². The second-order valence-corrected chi connectivity index (χ2v) is 5.29. The average Bonchev–Trinajstić information content (AvgIpc) is 2.96. The molecule has 0 fully saturated rings. The van der Waals surface area contributed by atoms with E-state index in [-0.39, 0.29) is 0 Å². The molecule has 0 amide bonds. The highest BCUT2D eigenvalue weighted by molar-refractivity contribution is 5.98. The highest BCUT2D eigenvalue weighted by Crippen LogP contribution is 2.25. The summed E-state index contributed by atoms with van der Waals surface area (Å²) >= 11 is 0. The first kappa shape index (κ1) is 15.2. The van der Waals surface area contributed by atoms with Gasteiger partial charge < -0.3 is 14.0 Å². The van der Waals surface area contributed by atoms with Crippen LogP contribution in [0.5, 0.6) is 11.5 Å². The van der Waals surface area contributed by atoms with Gasteiger partial charge in [0.15, 0.2) is 6.29 Å². The summed E-state index contributed by atoms with van der Waals surface area (Å²) in [5.74, 6) is 1.63. The summed E-state index contributed by atoms with van der Waals surface area (Å²) in [7, 11) is 1.62. The van der Waals surface area contributed by atoms with Crippen molar-refractivity contribution in [3.05, 3.63) is 60.3 Å². The Kier molecular flexibility index (Phi) is 4.62. The first-order chi connectivity index (χ1) is 11.3. The number of fused-ring (bicyclic) bond motifs is 1. The van der Waals surface area contributed by atoms with Gasteiger partial charge in [-0.25, -0.2) is 0 Å². The standard InChI is InChI=1S/C19H19NO3/c1-22-17-8-9-19-18(12-17)15(14-21)13-20(19)10-5-11-23-16-6-3-2-4-7-16/h2-4,6-9,12-14H,5,10-11H2,1H3. The van der Waals surface area contributed by atoms with Gasteiger partial charge in [0.1, 0.15) is 11.5 Å². The maximum Gasteiger partial charge on any atom is 0.152 e. The molecule has 2 aromatic carbocycles. The Bertz CT molecular complexity index is 793. The molecular weight excluding hydrogens is 290 g/mol. The summed E-state index contributed by atoms with van der Waals surface area (Å²) in [4.78, 5) is 11.3. The molecule has 4 heteroatoms. The lowest BCUT2D eigenvalue weighted by Crippen LogP contribution is -2.03. The van der Waals surface area contributed by atoms with Crippen molar-refractivity contribution in [2.24, 2.45) is 0 Å². The summed E-state index contributed by atoms with van der Waals surface area (Å²) in [6, 6.07) is 15.6. The molecule has 23 heavy (non-hydrogen) atoms. The first-order valence-corrected chi connectivity index (χ1v) is 7.61. The number of carbonyl (C=O) groups excluding carboxylic acids is 1. The average molecular weight is 309 g/mol. The minimum absolute atomic E-state index is 0.635. The summed E-state index contributed by atoms with van der Waals surface area (Å²) in [6.45, 7) is 1.43. The van der Waals surface area contributed by atoms with Gasteiger partial charge in [-0.2, -0.15) is 0 Å². The number of aryl methyl sites for hydroxylation is 1. The van der Waals surface area contributed by atoms with Crippen molar-refractivity contribution >= 4 is 17.2 Å². The molecule has 0 spiro atoms. The molecule has 1 heterocycles. The molecule has 0 aliphatic rings. The van der Waals surface area contributed by atoms with Gasteiger partial charge in [0.05, 0.1) is 13.7 Å². The number of hydrogen-bond donors (Lipinski definition) is 0. The van der Waals surface area contributed by atoms with Crippen LogP contribution in [0.2, 0.25) is 0 Å². The second kappa shape index (κ2) is 7.01. The summed E-state index contributed by atoms with van der Waals surface area (Å²) in [5, 5.41) is 0.920. The van der Waals surface area contributed by atoms with Gasteiger partial charge in [-0.05, 0) is 36.8 Å². The fourth-order valence-electron chi connectivity index (χ4n) is 2.65. The number of nitrogens with zero attached hydrogens (tertiary/aromatic N) is 1. The van der Waals surface area contributed by atoms with Crippen LogP contribution in [0.3, 0.4) is 0 Å². The van der Waals surface area contributed by atoms with Gasteiger partial charge in [0.2, 0.25) is 0 Å². The molecular formula is C19H19NO3. The van der Waals surface area contributed by atoms with Crippen molar-refractivity contribution in [3.8, 4) is 11.5 Å². The third-order valence-corrected chi connectivity index (χ3v) is 3.80.